The van der Waals surface area contributed by atoms with Gasteiger partial charge in [-0.25, -0.2) is 4.21 Å². The number of aryl methyl sites for hydroxylation is 3. The number of ether oxygens (including phenoxy) is 1. The lowest BCUT2D eigenvalue weighted by molar-refractivity contribution is 0.0914. The van der Waals surface area contributed by atoms with Crippen molar-refractivity contribution in [2.75, 3.05) is 6.61 Å². The normalized spacial score (nSPS) is 14.0. The molecule has 1 amide bonds. The number of primary amides is 1. The fraction of sp³-hybridized carbons (Fsp3) is 0.219. The van der Waals surface area contributed by atoms with Crippen molar-refractivity contribution >= 4 is 44.4 Å². The van der Waals surface area contributed by atoms with Crippen molar-refractivity contribution < 1.29 is 18.5 Å². The van der Waals surface area contributed by atoms with E-state index in [1.165, 1.54) is 5.56 Å². The summed E-state index contributed by atoms with van der Waals surface area (Å²) in [6.07, 6.45) is 7.22. The number of benzene rings is 3. The Balaban J connectivity index is 1.39. The predicted octanol–water partition coefficient (Wildman–Crippen LogP) is 5.92. The molecule has 3 aromatic carbocycles. The second-order valence-corrected chi connectivity index (χ2v) is 11.8. The molecule has 202 valence electrons. The highest BCUT2D eigenvalue weighted by Gasteiger charge is 2.27. The highest BCUT2D eigenvalue weighted by Crippen LogP contribution is 2.41. The van der Waals surface area contributed by atoms with E-state index in [-0.39, 0.29) is 23.7 Å². The molecule has 1 fully saturated rings. The van der Waals surface area contributed by atoms with Gasteiger partial charge >= 0.3 is 0 Å². The molecule has 8 heteroatoms. The summed E-state index contributed by atoms with van der Waals surface area (Å²) in [5.41, 5.74) is 11.1. The molecule has 7 nitrogen and oxygen atoms in total. The quantitative estimate of drug-likeness (QED) is 0.241. The van der Waals surface area contributed by atoms with Crippen LogP contribution in [0.3, 0.4) is 0 Å². The number of hydrogen-bond donors (Lipinski definition) is 1. The maximum Gasteiger partial charge on any atom is 0.252 e. The summed E-state index contributed by atoms with van der Waals surface area (Å²) < 4.78 is 21.6. The molecule has 1 aliphatic rings. The molecule has 40 heavy (non-hydrogen) atoms. The molecule has 0 spiro atoms. The molecular weight excluding hydrogens is 522 g/mol. The second kappa shape index (κ2) is 10.0. The van der Waals surface area contributed by atoms with Crippen LogP contribution in [0.5, 0.6) is 5.75 Å². The number of pyridine rings is 1. The van der Waals surface area contributed by atoms with E-state index in [9.17, 15) is 13.8 Å². The van der Waals surface area contributed by atoms with Crippen LogP contribution in [0.4, 0.5) is 0 Å². The van der Waals surface area contributed by atoms with Crippen molar-refractivity contribution in [2.24, 2.45) is 5.73 Å². The number of fused-ring (bicyclic) bond motifs is 2. The van der Waals surface area contributed by atoms with E-state index < -0.39 is 16.9 Å². The zero-order valence-corrected chi connectivity index (χ0v) is 23.4. The Morgan fingerprint density at radius 3 is 2.45 bits per heavy atom. The van der Waals surface area contributed by atoms with Crippen molar-refractivity contribution in [3.8, 4) is 5.75 Å². The van der Waals surface area contributed by atoms with Crippen molar-refractivity contribution in [3.05, 3.63) is 101 Å². The van der Waals surface area contributed by atoms with Crippen molar-refractivity contribution in [1.29, 1.82) is 0 Å². The third kappa shape index (κ3) is 4.69. The van der Waals surface area contributed by atoms with Crippen LogP contribution >= 0.6 is 0 Å². The lowest BCUT2D eigenvalue weighted by Crippen LogP contribution is -2.16. The molecule has 0 radical (unpaired) electrons. The van der Waals surface area contributed by atoms with Gasteiger partial charge in [0.05, 0.1) is 16.0 Å². The van der Waals surface area contributed by atoms with E-state index in [1.54, 1.807) is 40.8 Å². The number of Topliss-reactive ketones (excluding diaryl/α,β-unsaturated/α-hetero) is 1. The molecule has 2 N–H and O–H groups in total. The van der Waals surface area contributed by atoms with Gasteiger partial charge in [0.2, 0.25) is 5.78 Å². The molecular formula is C32H29N3O4S. The fourth-order valence-electron chi connectivity index (χ4n) is 5.43. The van der Waals surface area contributed by atoms with Crippen LogP contribution < -0.4 is 10.5 Å². The molecule has 1 saturated carbocycles. The standard InChI is InChI=1S/C32H29N3O4S/c1-18-10-19(2)31(20(3)11-18)40(38)35-16-27(25-7-6-22(13-28(25)35)21-4-5-21)29(36)17-39-30-14-24-15-34-9-8-23(24)12-26(30)32(33)37/h6-16,21H,4-5,17H2,1-3H3,(H2,33,37). The summed E-state index contributed by atoms with van der Waals surface area (Å²) in [5, 5.41) is 2.27. The number of nitrogens with zero attached hydrogens (tertiary/aromatic N) is 2. The van der Waals surface area contributed by atoms with Crippen molar-refractivity contribution in [2.45, 2.75) is 44.4 Å². The Hall–Kier alpha value is -4.30. The van der Waals surface area contributed by atoms with Gasteiger partial charge in [-0.2, -0.15) is 0 Å². The van der Waals surface area contributed by atoms with E-state index in [2.05, 4.69) is 17.1 Å². The minimum Gasteiger partial charge on any atom is -0.485 e. The first-order valence-electron chi connectivity index (χ1n) is 13.2. The van der Waals surface area contributed by atoms with Gasteiger partial charge in [0.25, 0.3) is 5.91 Å². The Bertz CT molecular complexity index is 1850. The first kappa shape index (κ1) is 26.0. The average Bonchev–Trinajstić information content (AvgIpc) is 3.70. The minimum absolute atomic E-state index is 0.189. The molecule has 2 heterocycles. The van der Waals surface area contributed by atoms with E-state index in [0.29, 0.717) is 16.9 Å². The molecule has 0 bridgehead atoms. The lowest BCUT2D eigenvalue weighted by atomic mass is 10.1. The number of rotatable bonds is 8. The summed E-state index contributed by atoms with van der Waals surface area (Å²) in [7, 11) is -1.56. The maximum absolute atomic E-state index is 14.0. The molecule has 1 aliphatic carbocycles. The Morgan fingerprint density at radius 2 is 1.75 bits per heavy atom. The predicted molar refractivity (Wildman–Crippen MR) is 156 cm³/mol. The van der Waals surface area contributed by atoms with Gasteiger partial charge in [0.1, 0.15) is 5.75 Å². The Kier molecular flexibility index (Phi) is 6.50. The maximum atomic E-state index is 14.0. The monoisotopic (exact) mass is 551 g/mol. The molecule has 5 aromatic rings. The number of ketones is 1. The number of amides is 1. The summed E-state index contributed by atoms with van der Waals surface area (Å²) in [4.78, 5) is 30.6. The number of nitrogens with two attached hydrogens (primary N) is 1. The third-order valence-electron chi connectivity index (χ3n) is 7.47. The lowest BCUT2D eigenvalue weighted by Gasteiger charge is -2.13. The minimum atomic E-state index is -1.56. The van der Waals surface area contributed by atoms with Crippen LogP contribution in [0.25, 0.3) is 21.7 Å². The Morgan fingerprint density at radius 1 is 1.00 bits per heavy atom. The van der Waals surface area contributed by atoms with Crippen LogP contribution in [0.15, 0.2) is 72.0 Å². The van der Waals surface area contributed by atoms with Crippen molar-refractivity contribution in [1.82, 2.24) is 8.96 Å². The van der Waals surface area contributed by atoms with E-state index >= 15 is 0 Å². The van der Waals surface area contributed by atoms with Gasteiger partial charge < -0.3 is 10.5 Å². The smallest absolute Gasteiger partial charge is 0.252 e. The van der Waals surface area contributed by atoms with Gasteiger partial charge in [0, 0.05) is 34.9 Å². The first-order valence-corrected chi connectivity index (χ1v) is 14.3. The van der Waals surface area contributed by atoms with Gasteiger partial charge in [-0.05, 0) is 85.9 Å². The highest BCUT2D eigenvalue weighted by atomic mass is 32.2. The van der Waals surface area contributed by atoms with Crippen LogP contribution in [0, 0.1) is 20.8 Å². The number of aromatic nitrogens is 2. The van der Waals surface area contributed by atoms with E-state index in [1.807, 2.05) is 39.0 Å². The van der Waals surface area contributed by atoms with Gasteiger partial charge in [-0.3, -0.25) is 18.5 Å². The summed E-state index contributed by atoms with van der Waals surface area (Å²) >= 11 is 0. The van der Waals surface area contributed by atoms with Gasteiger partial charge in [-0.1, -0.05) is 29.8 Å². The fourth-order valence-corrected chi connectivity index (χ4v) is 6.83. The number of carbonyl (C=O) groups excluding carboxylic acids is 2. The van der Waals surface area contributed by atoms with Crippen LogP contribution in [-0.4, -0.2) is 31.5 Å². The SMILES string of the molecule is Cc1cc(C)c(S(=O)n2cc(C(=O)COc3cc4cnccc4cc3C(N)=O)c3ccc(C4CC4)cc32)c(C)c1. The van der Waals surface area contributed by atoms with Crippen molar-refractivity contribution in [3.63, 3.8) is 0 Å². The average molecular weight is 552 g/mol. The van der Waals surface area contributed by atoms with E-state index in [4.69, 9.17) is 10.5 Å². The first-order chi connectivity index (χ1) is 19.2. The molecule has 6 rings (SSSR count). The van der Waals surface area contributed by atoms with Gasteiger partial charge in [-0.15, -0.1) is 0 Å². The second-order valence-electron chi connectivity index (χ2n) is 10.5. The highest BCUT2D eigenvalue weighted by molar-refractivity contribution is 7.83. The van der Waals surface area contributed by atoms with Crippen LogP contribution in [0.1, 0.15) is 61.7 Å². The van der Waals surface area contributed by atoms with Gasteiger partial charge in [0.15, 0.2) is 17.6 Å². The number of hydrogen-bond acceptors (Lipinski definition) is 5. The molecule has 0 saturated heterocycles. The molecule has 1 atom stereocenters. The third-order valence-corrected chi connectivity index (χ3v) is 9.12. The zero-order chi connectivity index (χ0) is 28.1. The zero-order valence-electron chi connectivity index (χ0n) is 22.6. The Labute approximate surface area is 234 Å². The van der Waals surface area contributed by atoms with E-state index in [0.717, 1.165) is 50.7 Å². The molecule has 2 aromatic heterocycles. The van der Waals surface area contributed by atoms with Crippen LogP contribution in [-0.2, 0) is 11.0 Å². The summed E-state index contributed by atoms with van der Waals surface area (Å²) in [6.45, 7) is 5.63. The molecule has 0 aliphatic heterocycles. The molecule has 1 unspecified atom stereocenters. The topological polar surface area (TPSA) is 104 Å². The summed E-state index contributed by atoms with van der Waals surface area (Å²) in [5.74, 6) is -0.222. The van der Waals surface area contributed by atoms with Crippen LogP contribution in [0.2, 0.25) is 0 Å². The number of carbonyl (C=O) groups is 2. The largest absolute Gasteiger partial charge is 0.485 e. The summed E-state index contributed by atoms with van der Waals surface area (Å²) in [6, 6.07) is 15.2.